The van der Waals surface area contributed by atoms with Crippen molar-refractivity contribution in [3.05, 3.63) is 18.5 Å². The van der Waals surface area contributed by atoms with Crippen LogP contribution in [0.25, 0.3) is 0 Å². The molecule has 0 aromatic carbocycles. The predicted molar refractivity (Wildman–Crippen MR) is 60.6 cm³/mol. The summed E-state index contributed by atoms with van der Waals surface area (Å²) < 4.78 is 1.93. The summed E-state index contributed by atoms with van der Waals surface area (Å²) in [5.74, 6) is 0. The van der Waals surface area contributed by atoms with Gasteiger partial charge in [0, 0.05) is 37.5 Å². The molecular formula is C11H21N3O. The molecule has 0 spiro atoms. The van der Waals surface area contributed by atoms with Gasteiger partial charge in [0.05, 0.1) is 0 Å². The van der Waals surface area contributed by atoms with Crippen molar-refractivity contribution in [2.24, 2.45) is 5.41 Å². The fourth-order valence-corrected chi connectivity index (χ4v) is 1.28. The minimum Gasteiger partial charge on any atom is -0.396 e. The summed E-state index contributed by atoms with van der Waals surface area (Å²) in [6.07, 6.45) is 4.82. The van der Waals surface area contributed by atoms with Crippen molar-refractivity contribution < 1.29 is 5.11 Å². The van der Waals surface area contributed by atoms with Crippen LogP contribution < -0.4 is 5.32 Å². The lowest BCUT2D eigenvalue weighted by atomic mass is 9.95. The molecule has 0 unspecified atom stereocenters. The first-order valence-corrected chi connectivity index (χ1v) is 5.43. The number of nitrogens with zero attached hydrogens (tertiary/aromatic N) is 2. The SMILES string of the molecule is CC(C)(CO)CNCCCn1cccn1. The van der Waals surface area contributed by atoms with Crippen molar-refractivity contribution in [3.63, 3.8) is 0 Å². The molecule has 0 fully saturated rings. The Kier molecular flexibility index (Phi) is 4.78. The van der Waals surface area contributed by atoms with Gasteiger partial charge in [0.1, 0.15) is 0 Å². The first-order chi connectivity index (χ1) is 7.14. The molecule has 2 N–H and O–H groups in total. The smallest absolute Gasteiger partial charge is 0.0494 e. The van der Waals surface area contributed by atoms with E-state index in [1.54, 1.807) is 6.20 Å². The first-order valence-electron chi connectivity index (χ1n) is 5.43. The van der Waals surface area contributed by atoms with Crippen LogP contribution in [0.15, 0.2) is 18.5 Å². The van der Waals surface area contributed by atoms with E-state index in [2.05, 4.69) is 10.4 Å². The van der Waals surface area contributed by atoms with Gasteiger partial charge in [-0.3, -0.25) is 4.68 Å². The van der Waals surface area contributed by atoms with E-state index < -0.39 is 0 Å². The highest BCUT2D eigenvalue weighted by molar-refractivity contribution is 4.77. The van der Waals surface area contributed by atoms with Gasteiger partial charge in [0.15, 0.2) is 0 Å². The van der Waals surface area contributed by atoms with E-state index in [0.29, 0.717) is 0 Å². The molecule has 0 saturated carbocycles. The third kappa shape index (κ3) is 4.95. The van der Waals surface area contributed by atoms with Crippen LogP contribution in [-0.2, 0) is 6.54 Å². The Bertz CT molecular complexity index is 257. The lowest BCUT2D eigenvalue weighted by Crippen LogP contribution is -2.33. The zero-order valence-electron chi connectivity index (χ0n) is 9.61. The third-order valence-corrected chi connectivity index (χ3v) is 2.33. The van der Waals surface area contributed by atoms with Gasteiger partial charge in [-0.25, -0.2) is 0 Å². The molecule has 0 amide bonds. The Hall–Kier alpha value is -0.870. The molecule has 15 heavy (non-hydrogen) atoms. The Morgan fingerprint density at radius 1 is 1.47 bits per heavy atom. The Labute approximate surface area is 91.3 Å². The molecule has 1 aromatic heterocycles. The van der Waals surface area contributed by atoms with Crippen LogP contribution in [0.5, 0.6) is 0 Å². The van der Waals surface area contributed by atoms with Crippen molar-refractivity contribution in [1.82, 2.24) is 15.1 Å². The number of aromatic nitrogens is 2. The van der Waals surface area contributed by atoms with Gasteiger partial charge in [-0.15, -0.1) is 0 Å². The van der Waals surface area contributed by atoms with Crippen LogP contribution in [0, 0.1) is 5.41 Å². The zero-order chi connectivity index (χ0) is 11.1. The molecule has 0 atom stereocenters. The molecule has 86 valence electrons. The van der Waals surface area contributed by atoms with Gasteiger partial charge in [-0.2, -0.15) is 5.10 Å². The summed E-state index contributed by atoms with van der Waals surface area (Å²) in [4.78, 5) is 0. The maximum absolute atomic E-state index is 9.05. The number of aryl methyl sites for hydroxylation is 1. The summed E-state index contributed by atoms with van der Waals surface area (Å²) in [6.45, 7) is 7.08. The zero-order valence-corrected chi connectivity index (χ0v) is 9.61. The number of aliphatic hydroxyl groups is 1. The highest BCUT2D eigenvalue weighted by atomic mass is 16.3. The summed E-state index contributed by atoms with van der Waals surface area (Å²) in [5.41, 5.74) is -0.0221. The van der Waals surface area contributed by atoms with Crippen LogP contribution in [0.4, 0.5) is 0 Å². The van der Waals surface area contributed by atoms with Gasteiger partial charge in [-0.1, -0.05) is 13.8 Å². The first kappa shape index (κ1) is 12.2. The fraction of sp³-hybridized carbons (Fsp3) is 0.727. The van der Waals surface area contributed by atoms with Crippen LogP contribution in [0.3, 0.4) is 0 Å². The monoisotopic (exact) mass is 211 g/mol. The topological polar surface area (TPSA) is 50.1 Å². The minimum atomic E-state index is -0.0221. The fourth-order valence-electron chi connectivity index (χ4n) is 1.28. The third-order valence-electron chi connectivity index (χ3n) is 2.33. The normalized spacial score (nSPS) is 11.9. The van der Waals surface area contributed by atoms with Crippen LogP contribution in [0.2, 0.25) is 0 Å². The van der Waals surface area contributed by atoms with Crippen molar-refractivity contribution in [3.8, 4) is 0 Å². The lowest BCUT2D eigenvalue weighted by Gasteiger charge is -2.21. The number of aliphatic hydroxyl groups excluding tert-OH is 1. The highest BCUT2D eigenvalue weighted by Crippen LogP contribution is 2.10. The van der Waals surface area contributed by atoms with Crippen molar-refractivity contribution in [2.75, 3.05) is 19.7 Å². The van der Waals surface area contributed by atoms with Crippen molar-refractivity contribution >= 4 is 0 Å². The van der Waals surface area contributed by atoms with Crippen molar-refractivity contribution in [2.45, 2.75) is 26.8 Å². The average Bonchev–Trinajstić information content (AvgIpc) is 2.70. The van der Waals surface area contributed by atoms with E-state index >= 15 is 0 Å². The number of hydrogen-bond donors (Lipinski definition) is 2. The van der Waals surface area contributed by atoms with Gasteiger partial charge in [-0.05, 0) is 19.0 Å². The quantitative estimate of drug-likeness (QED) is 0.658. The minimum absolute atomic E-state index is 0.0221. The van der Waals surface area contributed by atoms with Crippen LogP contribution in [-0.4, -0.2) is 34.6 Å². The molecule has 1 aromatic rings. The highest BCUT2D eigenvalue weighted by Gasteiger charge is 2.14. The molecule has 1 rings (SSSR count). The standard InChI is InChI=1S/C11H21N3O/c1-11(2,10-15)9-12-5-3-7-14-8-4-6-13-14/h4,6,8,12,15H,3,5,7,9-10H2,1-2H3. The molecule has 0 aliphatic carbocycles. The second-order valence-electron chi connectivity index (χ2n) is 4.62. The van der Waals surface area contributed by atoms with E-state index in [-0.39, 0.29) is 12.0 Å². The maximum Gasteiger partial charge on any atom is 0.0494 e. The van der Waals surface area contributed by atoms with E-state index in [0.717, 1.165) is 26.1 Å². The van der Waals surface area contributed by atoms with Gasteiger partial charge < -0.3 is 10.4 Å². The largest absolute Gasteiger partial charge is 0.396 e. The lowest BCUT2D eigenvalue weighted by molar-refractivity contribution is 0.157. The van der Waals surface area contributed by atoms with E-state index in [9.17, 15) is 0 Å². The summed E-state index contributed by atoms with van der Waals surface area (Å²) in [7, 11) is 0. The van der Waals surface area contributed by atoms with E-state index in [4.69, 9.17) is 5.11 Å². The average molecular weight is 211 g/mol. The molecule has 0 saturated heterocycles. The summed E-state index contributed by atoms with van der Waals surface area (Å²) in [6, 6.07) is 1.93. The predicted octanol–water partition coefficient (Wildman–Crippen LogP) is 0.881. The van der Waals surface area contributed by atoms with Gasteiger partial charge in [0.25, 0.3) is 0 Å². The van der Waals surface area contributed by atoms with Gasteiger partial charge in [0.2, 0.25) is 0 Å². The molecule has 0 aliphatic heterocycles. The molecule has 0 radical (unpaired) electrons. The Balaban J connectivity index is 2.03. The second-order valence-corrected chi connectivity index (χ2v) is 4.62. The summed E-state index contributed by atoms with van der Waals surface area (Å²) in [5, 5.41) is 16.5. The van der Waals surface area contributed by atoms with Crippen LogP contribution in [0.1, 0.15) is 20.3 Å². The molecule has 4 nitrogen and oxygen atoms in total. The molecule has 4 heteroatoms. The number of rotatable bonds is 7. The van der Waals surface area contributed by atoms with E-state index in [1.807, 2.05) is 30.8 Å². The van der Waals surface area contributed by atoms with Crippen molar-refractivity contribution in [1.29, 1.82) is 0 Å². The number of hydrogen-bond acceptors (Lipinski definition) is 3. The molecule has 0 bridgehead atoms. The Morgan fingerprint density at radius 2 is 2.27 bits per heavy atom. The maximum atomic E-state index is 9.05. The van der Waals surface area contributed by atoms with Crippen LogP contribution >= 0.6 is 0 Å². The molecule has 0 aliphatic rings. The molecule has 1 heterocycles. The summed E-state index contributed by atoms with van der Waals surface area (Å²) >= 11 is 0. The number of nitrogens with one attached hydrogen (secondary N) is 1. The van der Waals surface area contributed by atoms with E-state index in [1.165, 1.54) is 0 Å². The Morgan fingerprint density at radius 3 is 2.87 bits per heavy atom. The second kappa shape index (κ2) is 5.88. The van der Waals surface area contributed by atoms with Gasteiger partial charge >= 0.3 is 0 Å². The molecular weight excluding hydrogens is 190 g/mol.